The molecule has 1 saturated heterocycles. The van der Waals surface area contributed by atoms with Crippen LogP contribution in [0.1, 0.15) is 55.4 Å². The van der Waals surface area contributed by atoms with E-state index in [1.165, 1.54) is 10.4 Å². The number of carbonyl (C=O) groups excluding carboxylic acids is 1. The first-order valence-electron chi connectivity index (χ1n) is 12.3. The summed E-state index contributed by atoms with van der Waals surface area (Å²) in [5, 5.41) is 2.14. The van der Waals surface area contributed by atoms with E-state index in [9.17, 15) is 4.79 Å². The Balaban J connectivity index is 2.13. The minimum Gasteiger partial charge on any atom is -0.444 e. The van der Waals surface area contributed by atoms with Gasteiger partial charge in [-0.1, -0.05) is 87.5 Å². The molecule has 0 N–H and O–H groups in total. The molecular formula is C29H41NO4Si. The molecule has 0 spiro atoms. The largest absolute Gasteiger partial charge is 0.444 e. The van der Waals surface area contributed by atoms with Crippen LogP contribution in [-0.2, 0) is 13.9 Å². The number of hydrogen-bond acceptors (Lipinski definition) is 4. The predicted octanol–water partition coefficient (Wildman–Crippen LogP) is 5.49. The number of ether oxygens (including phenoxy) is 2. The average molecular weight is 496 g/mol. The van der Waals surface area contributed by atoms with Crippen molar-refractivity contribution in [1.29, 1.82) is 0 Å². The molecule has 3 rings (SSSR count). The van der Waals surface area contributed by atoms with Crippen molar-refractivity contribution in [2.45, 2.75) is 83.9 Å². The molecule has 190 valence electrons. The molecule has 1 heterocycles. The van der Waals surface area contributed by atoms with Gasteiger partial charge in [0.05, 0.1) is 18.8 Å². The number of amides is 1. The Hall–Kier alpha value is -2.41. The number of carbonyl (C=O) groups is 1. The number of rotatable bonds is 6. The van der Waals surface area contributed by atoms with Crippen molar-refractivity contribution in [3.8, 4) is 0 Å². The predicted molar refractivity (Wildman–Crippen MR) is 145 cm³/mol. The van der Waals surface area contributed by atoms with Crippen molar-refractivity contribution >= 4 is 24.8 Å². The lowest BCUT2D eigenvalue weighted by molar-refractivity contribution is -0.0655. The molecule has 1 aliphatic rings. The molecule has 35 heavy (non-hydrogen) atoms. The van der Waals surface area contributed by atoms with Gasteiger partial charge < -0.3 is 13.9 Å². The highest BCUT2D eigenvalue weighted by atomic mass is 28.4. The van der Waals surface area contributed by atoms with Crippen LogP contribution in [0, 0.1) is 0 Å². The van der Waals surface area contributed by atoms with Crippen LogP contribution < -0.4 is 10.4 Å². The summed E-state index contributed by atoms with van der Waals surface area (Å²) in [6.45, 7) is 20.6. The monoisotopic (exact) mass is 495 g/mol. The standard InChI is InChI=1S/C29H41NO4Si/c1-10-25(24-21-32-29(8,9)30(24)26(31)33-27(2,3)4)34-35(28(5,6)7,22-17-13-11-14-18-22)23-19-15-12-16-20-23/h10-20,24-25H,1,21H2,2-9H3/t24-,25-/m0/s1. The van der Waals surface area contributed by atoms with Crippen molar-refractivity contribution < 1.29 is 18.7 Å². The molecule has 0 unspecified atom stereocenters. The maximum absolute atomic E-state index is 13.4. The SMILES string of the molecule is C=C[C@H](O[Si](c1ccccc1)(c1ccccc1)C(C)(C)C)[C@@H]1COC(C)(C)N1C(=O)OC(C)(C)C. The van der Waals surface area contributed by atoms with E-state index in [0.717, 1.165) is 0 Å². The lowest BCUT2D eigenvalue weighted by Gasteiger charge is -2.46. The van der Waals surface area contributed by atoms with Gasteiger partial charge in [-0.2, -0.15) is 0 Å². The van der Waals surface area contributed by atoms with Crippen LogP contribution in [0.3, 0.4) is 0 Å². The van der Waals surface area contributed by atoms with E-state index in [4.69, 9.17) is 13.9 Å². The van der Waals surface area contributed by atoms with Gasteiger partial charge >= 0.3 is 6.09 Å². The van der Waals surface area contributed by atoms with E-state index in [1.807, 2.05) is 52.8 Å². The van der Waals surface area contributed by atoms with Crippen LogP contribution in [0.2, 0.25) is 5.04 Å². The molecule has 1 aliphatic heterocycles. The first-order chi connectivity index (χ1) is 16.2. The molecule has 0 aliphatic carbocycles. The third kappa shape index (κ3) is 5.55. The normalized spacial score (nSPS) is 19.3. The fraction of sp³-hybridized carbons (Fsp3) is 0.483. The molecule has 0 radical (unpaired) electrons. The topological polar surface area (TPSA) is 48.0 Å². The summed E-state index contributed by atoms with van der Waals surface area (Å²) in [6.07, 6.45) is 0.935. The molecular weight excluding hydrogens is 454 g/mol. The van der Waals surface area contributed by atoms with E-state index < -0.39 is 31.8 Å². The molecule has 2 aromatic carbocycles. The highest BCUT2D eigenvalue weighted by Gasteiger charge is 2.55. The Labute approximate surface area is 212 Å². The van der Waals surface area contributed by atoms with Crippen LogP contribution in [0.5, 0.6) is 0 Å². The summed E-state index contributed by atoms with van der Waals surface area (Å²) in [4.78, 5) is 15.0. The average Bonchev–Trinajstić information content (AvgIpc) is 3.09. The third-order valence-corrected chi connectivity index (χ3v) is 11.5. The summed E-state index contributed by atoms with van der Waals surface area (Å²) < 4.78 is 19.2. The molecule has 0 aromatic heterocycles. The number of benzene rings is 2. The van der Waals surface area contributed by atoms with Crippen molar-refractivity contribution in [2.24, 2.45) is 0 Å². The molecule has 2 atom stereocenters. The van der Waals surface area contributed by atoms with Crippen LogP contribution in [0.15, 0.2) is 73.3 Å². The zero-order valence-electron chi connectivity index (χ0n) is 22.5. The molecule has 6 heteroatoms. The molecule has 1 fully saturated rings. The van der Waals surface area contributed by atoms with Crippen molar-refractivity contribution in [3.63, 3.8) is 0 Å². The van der Waals surface area contributed by atoms with E-state index in [1.54, 1.807) is 4.90 Å². The number of nitrogens with zero attached hydrogens (tertiary/aromatic N) is 1. The maximum Gasteiger partial charge on any atom is 0.413 e. The lowest BCUT2D eigenvalue weighted by Crippen LogP contribution is -2.69. The van der Waals surface area contributed by atoms with Gasteiger partial charge in [0.25, 0.3) is 8.32 Å². The van der Waals surface area contributed by atoms with Crippen molar-refractivity contribution in [2.75, 3.05) is 6.61 Å². The second-order valence-corrected chi connectivity index (χ2v) is 15.9. The van der Waals surface area contributed by atoms with Crippen LogP contribution in [-0.4, -0.2) is 49.4 Å². The highest BCUT2D eigenvalue weighted by molar-refractivity contribution is 6.99. The van der Waals surface area contributed by atoms with Crippen LogP contribution in [0.25, 0.3) is 0 Å². The van der Waals surface area contributed by atoms with E-state index in [0.29, 0.717) is 6.61 Å². The van der Waals surface area contributed by atoms with Gasteiger partial charge in [-0.25, -0.2) is 4.79 Å². The summed E-state index contributed by atoms with van der Waals surface area (Å²) in [5.74, 6) is 0. The quantitative estimate of drug-likeness (QED) is 0.393. The van der Waals surface area contributed by atoms with E-state index in [2.05, 4.69) is 75.9 Å². The zero-order valence-corrected chi connectivity index (χ0v) is 23.5. The zero-order chi connectivity index (χ0) is 26.1. The Morgan fingerprint density at radius 3 is 1.91 bits per heavy atom. The molecule has 1 amide bonds. The Morgan fingerprint density at radius 2 is 1.51 bits per heavy atom. The highest BCUT2D eigenvalue weighted by Crippen LogP contribution is 2.40. The van der Waals surface area contributed by atoms with E-state index >= 15 is 0 Å². The molecule has 5 nitrogen and oxygen atoms in total. The fourth-order valence-electron chi connectivity index (χ4n) is 4.92. The van der Waals surface area contributed by atoms with Crippen molar-refractivity contribution in [1.82, 2.24) is 4.90 Å². The van der Waals surface area contributed by atoms with Gasteiger partial charge in [0.15, 0.2) is 0 Å². The van der Waals surface area contributed by atoms with Gasteiger partial charge in [0.1, 0.15) is 11.3 Å². The maximum atomic E-state index is 13.4. The summed E-state index contributed by atoms with van der Waals surface area (Å²) in [5.41, 5.74) is -1.45. The van der Waals surface area contributed by atoms with Gasteiger partial charge in [-0.15, -0.1) is 6.58 Å². The fourth-order valence-corrected chi connectivity index (χ4v) is 9.60. The van der Waals surface area contributed by atoms with Gasteiger partial charge in [0.2, 0.25) is 0 Å². The summed E-state index contributed by atoms with van der Waals surface area (Å²) >= 11 is 0. The van der Waals surface area contributed by atoms with Gasteiger partial charge in [-0.3, -0.25) is 4.90 Å². The second kappa shape index (κ2) is 9.92. The smallest absolute Gasteiger partial charge is 0.413 e. The van der Waals surface area contributed by atoms with Crippen molar-refractivity contribution in [3.05, 3.63) is 73.3 Å². The summed E-state index contributed by atoms with van der Waals surface area (Å²) in [7, 11) is -2.86. The van der Waals surface area contributed by atoms with E-state index in [-0.39, 0.29) is 11.1 Å². The minimum atomic E-state index is -2.86. The Bertz CT molecular complexity index is 969. The van der Waals surface area contributed by atoms with Crippen LogP contribution >= 0.6 is 0 Å². The molecule has 2 aromatic rings. The Kier molecular flexibility index (Phi) is 7.70. The summed E-state index contributed by atoms with van der Waals surface area (Å²) in [6, 6.07) is 20.6. The minimum absolute atomic E-state index is 0.206. The molecule has 0 bridgehead atoms. The second-order valence-electron chi connectivity index (χ2n) is 11.7. The van der Waals surface area contributed by atoms with Crippen LogP contribution in [0.4, 0.5) is 4.79 Å². The first kappa shape index (κ1) is 27.2. The number of hydrogen-bond donors (Lipinski definition) is 0. The third-order valence-electron chi connectivity index (χ3n) is 6.45. The Morgan fingerprint density at radius 1 is 1.03 bits per heavy atom. The molecule has 0 saturated carbocycles. The lowest BCUT2D eigenvalue weighted by atomic mass is 10.1. The first-order valence-corrected chi connectivity index (χ1v) is 14.2. The van der Waals surface area contributed by atoms with Gasteiger partial charge in [0, 0.05) is 0 Å². The van der Waals surface area contributed by atoms with Gasteiger partial charge in [-0.05, 0) is 50.0 Å².